The van der Waals surface area contributed by atoms with Crippen molar-refractivity contribution in [3.8, 4) is 0 Å². The number of nitrogens with zero attached hydrogens (tertiary/aromatic N) is 2. The number of aromatic nitrogens is 1. The fourth-order valence-electron chi connectivity index (χ4n) is 2.86. The molecule has 0 saturated carbocycles. The van der Waals surface area contributed by atoms with Crippen LogP contribution < -0.4 is 9.47 Å². The van der Waals surface area contributed by atoms with Gasteiger partial charge >= 0.3 is 0 Å². The van der Waals surface area contributed by atoms with Gasteiger partial charge in [0, 0.05) is 23.6 Å². The van der Waals surface area contributed by atoms with Gasteiger partial charge in [-0.2, -0.15) is 4.57 Å². The lowest BCUT2D eigenvalue weighted by molar-refractivity contribution is -0.670. The summed E-state index contributed by atoms with van der Waals surface area (Å²) in [7, 11) is 0. The van der Waals surface area contributed by atoms with E-state index >= 15 is 0 Å². The molecule has 4 rings (SSSR count). The molecule has 2 aliphatic rings. The Kier molecular flexibility index (Phi) is 1.48. The fourth-order valence-corrected chi connectivity index (χ4v) is 2.86. The Balaban J connectivity index is 2.22. The van der Waals surface area contributed by atoms with E-state index in [0.29, 0.717) is 0 Å². The molecule has 2 aromatic rings. The van der Waals surface area contributed by atoms with Crippen molar-refractivity contribution in [2.45, 2.75) is 6.54 Å². The highest BCUT2D eigenvalue weighted by molar-refractivity contribution is 5.94. The molecule has 1 aromatic heterocycles. The van der Waals surface area contributed by atoms with Gasteiger partial charge in [-0.1, -0.05) is 18.2 Å². The van der Waals surface area contributed by atoms with Crippen LogP contribution in [0.4, 0.5) is 5.69 Å². The summed E-state index contributed by atoms with van der Waals surface area (Å²) in [6.45, 7) is 3.28. The zero-order valence-corrected chi connectivity index (χ0v) is 9.06. The first-order valence-electron chi connectivity index (χ1n) is 5.80. The molecule has 2 aliphatic heterocycles. The summed E-state index contributed by atoms with van der Waals surface area (Å²) in [5.41, 5.74) is 4.18. The number of anilines is 1. The van der Waals surface area contributed by atoms with Crippen LogP contribution in [0.3, 0.4) is 0 Å². The molecular formula is C14H13N2+. The lowest BCUT2D eigenvalue weighted by Crippen LogP contribution is -2.47. The third-order valence-corrected chi connectivity index (χ3v) is 3.59. The van der Waals surface area contributed by atoms with E-state index in [-0.39, 0.29) is 0 Å². The van der Waals surface area contributed by atoms with E-state index in [1.807, 2.05) is 0 Å². The molecule has 0 N–H and O–H groups in total. The van der Waals surface area contributed by atoms with Crippen LogP contribution in [0.5, 0.6) is 0 Å². The van der Waals surface area contributed by atoms with Crippen LogP contribution in [0.15, 0.2) is 36.5 Å². The second-order valence-electron chi connectivity index (χ2n) is 4.49. The smallest absolute Gasteiger partial charge is 0.236 e. The van der Waals surface area contributed by atoms with Gasteiger partial charge in [-0.25, -0.2) is 0 Å². The quantitative estimate of drug-likeness (QED) is 0.602. The minimum absolute atomic E-state index is 1.06. The maximum Gasteiger partial charge on any atom is 0.236 e. The molecule has 0 aliphatic carbocycles. The predicted molar refractivity (Wildman–Crippen MR) is 65.4 cm³/mol. The number of benzene rings is 1. The number of hydrogen-bond acceptors (Lipinski definition) is 1. The van der Waals surface area contributed by atoms with E-state index in [0.717, 1.165) is 19.6 Å². The number of hydrogen-bond donors (Lipinski definition) is 0. The van der Waals surface area contributed by atoms with Crippen molar-refractivity contribution in [1.82, 2.24) is 0 Å². The molecule has 2 heteroatoms. The SMILES string of the molecule is C1=Cc2ccc3ccc[n+]4c3c2N(C1)CC4. The molecule has 0 spiro atoms. The second kappa shape index (κ2) is 2.85. The maximum absolute atomic E-state index is 2.48. The zero-order chi connectivity index (χ0) is 10.5. The lowest BCUT2D eigenvalue weighted by atomic mass is 10.0. The normalized spacial score (nSPS) is 16.9. The van der Waals surface area contributed by atoms with Crippen molar-refractivity contribution in [3.63, 3.8) is 0 Å². The summed E-state index contributed by atoms with van der Waals surface area (Å²) in [5, 5.41) is 1.35. The monoisotopic (exact) mass is 209 g/mol. The summed E-state index contributed by atoms with van der Waals surface area (Å²) in [4.78, 5) is 2.48. The highest BCUT2D eigenvalue weighted by Gasteiger charge is 2.27. The Morgan fingerprint density at radius 3 is 3.19 bits per heavy atom. The molecule has 2 nitrogen and oxygen atoms in total. The summed E-state index contributed by atoms with van der Waals surface area (Å²) >= 11 is 0. The Morgan fingerprint density at radius 2 is 2.19 bits per heavy atom. The van der Waals surface area contributed by atoms with Gasteiger partial charge in [0.2, 0.25) is 5.52 Å². The van der Waals surface area contributed by atoms with Gasteiger partial charge in [-0.15, -0.1) is 0 Å². The van der Waals surface area contributed by atoms with Crippen LogP contribution in [0.25, 0.3) is 17.0 Å². The van der Waals surface area contributed by atoms with E-state index < -0.39 is 0 Å². The largest absolute Gasteiger partial charge is 0.356 e. The van der Waals surface area contributed by atoms with E-state index in [9.17, 15) is 0 Å². The molecule has 0 saturated heterocycles. The summed E-state index contributed by atoms with van der Waals surface area (Å²) in [6.07, 6.45) is 6.69. The average Bonchev–Trinajstić information content (AvgIpc) is 2.36. The molecule has 0 radical (unpaired) electrons. The molecule has 0 fully saturated rings. The Labute approximate surface area is 94.4 Å². The first-order valence-corrected chi connectivity index (χ1v) is 5.80. The molecule has 1 aromatic carbocycles. The van der Waals surface area contributed by atoms with Crippen LogP contribution >= 0.6 is 0 Å². The highest BCUT2D eigenvalue weighted by atomic mass is 15.2. The Bertz CT molecular complexity index is 613. The van der Waals surface area contributed by atoms with Crippen LogP contribution in [0.2, 0.25) is 0 Å². The first-order chi connectivity index (χ1) is 7.93. The van der Waals surface area contributed by atoms with Crippen LogP contribution in [-0.4, -0.2) is 13.1 Å². The minimum Gasteiger partial charge on any atom is -0.356 e. The molecular weight excluding hydrogens is 196 g/mol. The van der Waals surface area contributed by atoms with Crippen molar-refractivity contribution >= 4 is 22.7 Å². The third-order valence-electron chi connectivity index (χ3n) is 3.59. The van der Waals surface area contributed by atoms with Crippen molar-refractivity contribution in [2.24, 2.45) is 0 Å². The Hall–Kier alpha value is -1.83. The van der Waals surface area contributed by atoms with Gasteiger partial charge in [-0.05, 0) is 12.1 Å². The van der Waals surface area contributed by atoms with Gasteiger partial charge < -0.3 is 4.90 Å². The van der Waals surface area contributed by atoms with Crippen molar-refractivity contribution < 1.29 is 4.57 Å². The predicted octanol–water partition coefficient (Wildman–Crippen LogP) is 1.97. The number of pyridine rings is 1. The molecule has 0 amide bonds. The van der Waals surface area contributed by atoms with Crippen LogP contribution in [0, 0.1) is 0 Å². The van der Waals surface area contributed by atoms with Crippen LogP contribution in [0.1, 0.15) is 5.56 Å². The highest BCUT2D eigenvalue weighted by Crippen LogP contribution is 2.33. The van der Waals surface area contributed by atoms with Gasteiger partial charge in [0.15, 0.2) is 12.7 Å². The van der Waals surface area contributed by atoms with Gasteiger partial charge in [0.1, 0.15) is 5.69 Å². The van der Waals surface area contributed by atoms with E-state index in [1.165, 1.54) is 22.2 Å². The van der Waals surface area contributed by atoms with E-state index in [1.54, 1.807) is 0 Å². The van der Waals surface area contributed by atoms with Crippen molar-refractivity contribution in [3.05, 3.63) is 42.1 Å². The zero-order valence-electron chi connectivity index (χ0n) is 9.06. The maximum atomic E-state index is 2.48. The topological polar surface area (TPSA) is 7.12 Å². The van der Waals surface area contributed by atoms with Gasteiger partial charge in [-0.3, -0.25) is 0 Å². The molecule has 3 heterocycles. The van der Waals surface area contributed by atoms with Gasteiger partial charge in [0.05, 0.1) is 6.54 Å². The summed E-state index contributed by atoms with van der Waals surface area (Å²) in [5.74, 6) is 0. The first kappa shape index (κ1) is 8.34. The third kappa shape index (κ3) is 0.941. The Morgan fingerprint density at radius 1 is 1.19 bits per heavy atom. The van der Waals surface area contributed by atoms with Crippen molar-refractivity contribution in [1.29, 1.82) is 0 Å². The molecule has 78 valence electrons. The molecule has 0 unspecified atom stereocenters. The molecule has 0 bridgehead atoms. The molecule has 0 atom stereocenters. The molecule has 16 heavy (non-hydrogen) atoms. The van der Waals surface area contributed by atoms with Crippen LogP contribution in [-0.2, 0) is 6.54 Å². The summed E-state index contributed by atoms with van der Waals surface area (Å²) in [6, 6.07) is 8.80. The lowest BCUT2D eigenvalue weighted by Gasteiger charge is -2.30. The fraction of sp³-hybridized carbons (Fsp3) is 0.214. The number of rotatable bonds is 0. The summed E-state index contributed by atoms with van der Waals surface area (Å²) < 4.78 is 2.38. The van der Waals surface area contributed by atoms with Crippen molar-refractivity contribution in [2.75, 3.05) is 18.0 Å². The second-order valence-corrected chi connectivity index (χ2v) is 4.49. The van der Waals surface area contributed by atoms with E-state index in [2.05, 4.69) is 52.1 Å². The standard InChI is InChI=1S/C14H13N2/c1-3-11-5-6-12-4-2-8-16-10-9-15(7-1)13(11)14(12)16/h1-7H,8-10H2/q+1. The average molecular weight is 209 g/mol. The van der Waals surface area contributed by atoms with E-state index in [4.69, 9.17) is 0 Å². The minimum atomic E-state index is 1.06. The van der Waals surface area contributed by atoms with Gasteiger partial charge in [0.25, 0.3) is 0 Å².